The standard InChI is InChI=1S/C15H13Cl2NO4/c1-8(2)22-15(20)9-3-4-11(16)12(7-9)18-14(19)10-5-6-21-13(10)17/h3-8H,1-2H3,(H,18,19). The van der Waals surface area contributed by atoms with Gasteiger partial charge in [0, 0.05) is 0 Å². The maximum atomic E-state index is 12.1. The van der Waals surface area contributed by atoms with Crippen LogP contribution in [0.5, 0.6) is 0 Å². The Bertz CT molecular complexity index is 709. The Kier molecular flexibility index (Phi) is 5.11. The zero-order valence-corrected chi connectivity index (χ0v) is 13.4. The maximum absolute atomic E-state index is 12.1. The van der Waals surface area contributed by atoms with Gasteiger partial charge >= 0.3 is 5.97 Å². The molecule has 0 aliphatic carbocycles. The summed E-state index contributed by atoms with van der Waals surface area (Å²) in [4.78, 5) is 23.9. The number of carbonyl (C=O) groups is 2. The molecule has 116 valence electrons. The van der Waals surface area contributed by atoms with Gasteiger partial charge in [-0.05, 0) is 49.7 Å². The minimum absolute atomic E-state index is 0.0241. The molecule has 2 aromatic rings. The van der Waals surface area contributed by atoms with Crippen molar-refractivity contribution in [1.82, 2.24) is 0 Å². The van der Waals surface area contributed by atoms with Crippen molar-refractivity contribution in [1.29, 1.82) is 0 Å². The zero-order valence-electron chi connectivity index (χ0n) is 11.9. The number of halogens is 2. The van der Waals surface area contributed by atoms with Crippen molar-refractivity contribution < 1.29 is 18.7 Å². The molecule has 5 nitrogen and oxygen atoms in total. The second kappa shape index (κ2) is 6.85. The molecule has 0 saturated heterocycles. The van der Waals surface area contributed by atoms with Crippen molar-refractivity contribution in [3.63, 3.8) is 0 Å². The van der Waals surface area contributed by atoms with E-state index < -0.39 is 11.9 Å². The van der Waals surface area contributed by atoms with Crippen molar-refractivity contribution in [2.75, 3.05) is 5.32 Å². The van der Waals surface area contributed by atoms with Crippen LogP contribution in [0.15, 0.2) is 34.9 Å². The Morgan fingerprint density at radius 1 is 1.23 bits per heavy atom. The van der Waals surface area contributed by atoms with Gasteiger partial charge in [0.05, 0.1) is 34.2 Å². The number of amides is 1. The fourth-order valence-electron chi connectivity index (χ4n) is 1.68. The van der Waals surface area contributed by atoms with Crippen LogP contribution in [0.1, 0.15) is 34.6 Å². The lowest BCUT2D eigenvalue weighted by Crippen LogP contribution is -2.14. The number of rotatable bonds is 4. The van der Waals surface area contributed by atoms with Crippen molar-refractivity contribution in [3.8, 4) is 0 Å². The lowest BCUT2D eigenvalue weighted by molar-refractivity contribution is 0.0378. The molecule has 1 amide bonds. The summed E-state index contributed by atoms with van der Waals surface area (Å²) in [6, 6.07) is 5.90. The number of hydrogen-bond acceptors (Lipinski definition) is 4. The number of furan rings is 1. The Balaban J connectivity index is 2.22. The monoisotopic (exact) mass is 341 g/mol. The highest BCUT2D eigenvalue weighted by molar-refractivity contribution is 6.35. The highest BCUT2D eigenvalue weighted by atomic mass is 35.5. The van der Waals surface area contributed by atoms with Crippen LogP contribution in [0.3, 0.4) is 0 Å². The van der Waals surface area contributed by atoms with E-state index in [1.165, 1.54) is 30.5 Å². The van der Waals surface area contributed by atoms with Crippen molar-refractivity contribution in [3.05, 3.63) is 51.9 Å². The fourth-order valence-corrected chi connectivity index (χ4v) is 2.04. The summed E-state index contributed by atoms with van der Waals surface area (Å²) in [5.41, 5.74) is 0.738. The van der Waals surface area contributed by atoms with Crippen LogP contribution in [0.25, 0.3) is 0 Å². The topological polar surface area (TPSA) is 68.5 Å². The summed E-state index contributed by atoms with van der Waals surface area (Å²) in [6.45, 7) is 3.49. The van der Waals surface area contributed by atoms with Gasteiger partial charge < -0.3 is 14.5 Å². The normalized spacial score (nSPS) is 10.6. The highest BCUT2D eigenvalue weighted by Gasteiger charge is 2.16. The number of ether oxygens (including phenoxy) is 1. The van der Waals surface area contributed by atoms with Gasteiger partial charge in [0.15, 0.2) is 0 Å². The zero-order chi connectivity index (χ0) is 16.3. The van der Waals surface area contributed by atoms with Crippen LogP contribution in [-0.2, 0) is 4.74 Å². The number of anilines is 1. The number of carbonyl (C=O) groups excluding carboxylic acids is 2. The second-order valence-electron chi connectivity index (χ2n) is 4.71. The fraction of sp³-hybridized carbons (Fsp3) is 0.200. The van der Waals surface area contributed by atoms with Crippen LogP contribution in [0, 0.1) is 0 Å². The van der Waals surface area contributed by atoms with E-state index in [4.69, 9.17) is 32.4 Å². The summed E-state index contributed by atoms with van der Waals surface area (Å²) < 4.78 is 9.95. The molecule has 0 aliphatic heterocycles. The minimum Gasteiger partial charge on any atom is -0.459 e. The molecule has 7 heteroatoms. The number of benzene rings is 1. The smallest absolute Gasteiger partial charge is 0.338 e. The first-order chi connectivity index (χ1) is 10.4. The lowest BCUT2D eigenvalue weighted by atomic mass is 10.2. The molecule has 1 heterocycles. The van der Waals surface area contributed by atoms with E-state index in [1.807, 2.05) is 0 Å². The predicted molar refractivity (Wildman–Crippen MR) is 83.7 cm³/mol. The Morgan fingerprint density at radius 2 is 1.95 bits per heavy atom. The highest BCUT2D eigenvalue weighted by Crippen LogP contribution is 2.25. The number of nitrogens with one attached hydrogen (secondary N) is 1. The molecule has 0 spiro atoms. The van der Waals surface area contributed by atoms with Gasteiger partial charge in [-0.3, -0.25) is 4.79 Å². The molecule has 1 aromatic carbocycles. The van der Waals surface area contributed by atoms with Crippen LogP contribution in [0.4, 0.5) is 5.69 Å². The van der Waals surface area contributed by atoms with Crippen LogP contribution < -0.4 is 5.32 Å². The van der Waals surface area contributed by atoms with Gasteiger partial charge in [-0.25, -0.2) is 4.79 Å². The SMILES string of the molecule is CC(C)OC(=O)c1ccc(Cl)c(NC(=O)c2ccoc2Cl)c1. The van der Waals surface area contributed by atoms with Crippen LogP contribution in [-0.4, -0.2) is 18.0 Å². The summed E-state index contributed by atoms with van der Waals surface area (Å²) in [5.74, 6) is -0.987. The molecule has 22 heavy (non-hydrogen) atoms. The molecule has 0 bridgehead atoms. The molecule has 0 aliphatic rings. The summed E-state index contributed by atoms with van der Waals surface area (Å²) in [6.07, 6.45) is 1.06. The molecule has 0 fully saturated rings. The Morgan fingerprint density at radius 3 is 2.55 bits per heavy atom. The first kappa shape index (κ1) is 16.4. The number of esters is 1. The van der Waals surface area contributed by atoms with Crippen molar-refractivity contribution in [2.45, 2.75) is 20.0 Å². The van der Waals surface area contributed by atoms with E-state index in [1.54, 1.807) is 13.8 Å². The van der Waals surface area contributed by atoms with Crippen molar-refractivity contribution in [2.24, 2.45) is 0 Å². The van der Waals surface area contributed by atoms with E-state index in [-0.39, 0.29) is 33.2 Å². The van der Waals surface area contributed by atoms with Gasteiger partial charge in [-0.1, -0.05) is 11.6 Å². The summed E-state index contributed by atoms with van der Waals surface area (Å²) in [5, 5.41) is 2.84. The van der Waals surface area contributed by atoms with E-state index in [0.717, 1.165) is 0 Å². The van der Waals surface area contributed by atoms with E-state index in [9.17, 15) is 9.59 Å². The lowest BCUT2D eigenvalue weighted by Gasteiger charge is -2.11. The molecule has 1 aromatic heterocycles. The van der Waals surface area contributed by atoms with Crippen molar-refractivity contribution >= 4 is 40.8 Å². The average Bonchev–Trinajstić information content (AvgIpc) is 2.86. The van der Waals surface area contributed by atoms with E-state index in [0.29, 0.717) is 0 Å². The summed E-state index contributed by atoms with van der Waals surface area (Å²) >= 11 is 11.8. The van der Waals surface area contributed by atoms with Crippen LogP contribution >= 0.6 is 23.2 Å². The summed E-state index contributed by atoms with van der Waals surface area (Å²) in [7, 11) is 0. The predicted octanol–water partition coefficient (Wildman–Crippen LogP) is 4.40. The molecular formula is C15H13Cl2NO4. The van der Waals surface area contributed by atoms with Gasteiger partial charge in [0.25, 0.3) is 5.91 Å². The molecule has 0 atom stereocenters. The Hall–Kier alpha value is -1.98. The molecule has 1 N–H and O–H groups in total. The molecule has 0 radical (unpaired) electrons. The third kappa shape index (κ3) is 3.81. The van der Waals surface area contributed by atoms with Gasteiger partial charge in [0.1, 0.15) is 0 Å². The van der Waals surface area contributed by atoms with E-state index in [2.05, 4.69) is 5.32 Å². The van der Waals surface area contributed by atoms with Gasteiger partial charge in [-0.15, -0.1) is 0 Å². The largest absolute Gasteiger partial charge is 0.459 e. The average molecular weight is 342 g/mol. The second-order valence-corrected chi connectivity index (χ2v) is 5.46. The Labute approximate surface area is 137 Å². The van der Waals surface area contributed by atoms with E-state index >= 15 is 0 Å². The quantitative estimate of drug-likeness (QED) is 0.836. The van der Waals surface area contributed by atoms with Gasteiger partial charge in [0.2, 0.25) is 5.22 Å². The first-order valence-corrected chi connectivity index (χ1v) is 7.19. The minimum atomic E-state index is -0.497. The third-order valence-corrected chi connectivity index (χ3v) is 3.28. The number of hydrogen-bond donors (Lipinski definition) is 1. The van der Waals surface area contributed by atoms with Gasteiger partial charge in [-0.2, -0.15) is 0 Å². The molecule has 2 rings (SSSR count). The first-order valence-electron chi connectivity index (χ1n) is 6.43. The molecular weight excluding hydrogens is 329 g/mol. The molecule has 0 unspecified atom stereocenters. The van der Waals surface area contributed by atoms with Crippen LogP contribution in [0.2, 0.25) is 10.2 Å². The third-order valence-electron chi connectivity index (χ3n) is 2.66. The molecule has 0 saturated carbocycles. The maximum Gasteiger partial charge on any atom is 0.338 e.